The van der Waals surface area contributed by atoms with Gasteiger partial charge in [-0.05, 0) is 42.5 Å². The molecule has 1 aliphatic heterocycles. The van der Waals surface area contributed by atoms with Crippen LogP contribution in [0.5, 0.6) is 5.75 Å². The molecule has 2 N–H and O–H groups in total. The Morgan fingerprint density at radius 1 is 1.50 bits per heavy atom. The summed E-state index contributed by atoms with van der Waals surface area (Å²) in [6.45, 7) is 4.20. The lowest BCUT2D eigenvalue weighted by molar-refractivity contribution is -0.130. The maximum atomic E-state index is 13.6. The molecule has 1 atom stereocenters. The Morgan fingerprint density at radius 2 is 2.23 bits per heavy atom. The van der Waals surface area contributed by atoms with Crippen LogP contribution in [0, 0.1) is 11.2 Å². The molecule has 1 unspecified atom stereocenters. The number of amides is 1. The van der Waals surface area contributed by atoms with Gasteiger partial charge < -0.3 is 15.4 Å². The molecule has 2 rings (SSSR count). The van der Waals surface area contributed by atoms with E-state index in [1.807, 2.05) is 4.90 Å². The largest absolute Gasteiger partial charge is 0.494 e. The Bertz CT molecular complexity index is 527. The topological polar surface area (TPSA) is 55.6 Å². The lowest BCUT2D eigenvalue weighted by Crippen LogP contribution is -2.34. The van der Waals surface area contributed by atoms with Crippen LogP contribution in [0.3, 0.4) is 0 Å². The minimum absolute atomic E-state index is 0. The number of benzene rings is 1. The Balaban J connectivity index is 0.00000242. The number of nitrogens with two attached hydrogens (primary N) is 1. The molecular weight excluding hydrogens is 307 g/mol. The number of rotatable bonds is 5. The molecule has 0 aliphatic carbocycles. The van der Waals surface area contributed by atoms with E-state index in [4.69, 9.17) is 10.5 Å². The van der Waals surface area contributed by atoms with Crippen LogP contribution in [-0.2, 0) is 11.2 Å². The van der Waals surface area contributed by atoms with E-state index in [1.54, 1.807) is 12.1 Å². The van der Waals surface area contributed by atoms with Crippen molar-refractivity contribution in [3.05, 3.63) is 29.6 Å². The highest BCUT2D eigenvalue weighted by atomic mass is 35.5. The third-order valence-electron chi connectivity index (χ3n) is 4.25. The second-order valence-electron chi connectivity index (χ2n) is 6.05. The number of carbonyl (C=O) groups is 1. The summed E-state index contributed by atoms with van der Waals surface area (Å²) in [5.41, 5.74) is 6.60. The van der Waals surface area contributed by atoms with Gasteiger partial charge in [-0.25, -0.2) is 4.39 Å². The third kappa shape index (κ3) is 4.34. The van der Waals surface area contributed by atoms with Crippen LogP contribution in [0.25, 0.3) is 0 Å². The van der Waals surface area contributed by atoms with E-state index in [0.29, 0.717) is 19.4 Å². The zero-order chi connectivity index (χ0) is 15.5. The van der Waals surface area contributed by atoms with E-state index in [2.05, 4.69) is 6.92 Å². The summed E-state index contributed by atoms with van der Waals surface area (Å²) in [5.74, 6) is -0.0499. The molecule has 1 heterocycles. The van der Waals surface area contributed by atoms with Crippen LogP contribution in [0.4, 0.5) is 4.39 Å². The molecule has 0 bridgehead atoms. The highest BCUT2D eigenvalue weighted by Gasteiger charge is 2.34. The van der Waals surface area contributed by atoms with Crippen molar-refractivity contribution in [2.24, 2.45) is 11.1 Å². The van der Waals surface area contributed by atoms with E-state index in [-0.39, 0.29) is 35.3 Å². The fourth-order valence-corrected chi connectivity index (χ4v) is 2.68. The summed E-state index contributed by atoms with van der Waals surface area (Å²) >= 11 is 0. The number of halogens is 2. The SMILES string of the molecule is COc1ccc(CCC(=O)N2CCC(C)(CN)C2)cc1F.Cl. The number of methoxy groups -OCH3 is 1. The normalized spacial score (nSPS) is 20.6. The lowest BCUT2D eigenvalue weighted by Gasteiger charge is -2.22. The zero-order valence-electron chi connectivity index (χ0n) is 13.1. The van der Waals surface area contributed by atoms with E-state index >= 15 is 0 Å². The van der Waals surface area contributed by atoms with Crippen molar-refractivity contribution in [1.82, 2.24) is 4.90 Å². The van der Waals surface area contributed by atoms with Gasteiger partial charge in [-0.2, -0.15) is 0 Å². The van der Waals surface area contributed by atoms with Crippen molar-refractivity contribution in [2.75, 3.05) is 26.7 Å². The average Bonchev–Trinajstić information content (AvgIpc) is 2.88. The Hall–Kier alpha value is -1.33. The molecule has 1 amide bonds. The lowest BCUT2D eigenvalue weighted by atomic mass is 9.90. The van der Waals surface area contributed by atoms with Crippen LogP contribution < -0.4 is 10.5 Å². The first-order valence-electron chi connectivity index (χ1n) is 7.28. The van der Waals surface area contributed by atoms with Crippen molar-refractivity contribution < 1.29 is 13.9 Å². The Labute approximate surface area is 137 Å². The molecule has 1 aromatic carbocycles. The minimum atomic E-state index is -0.390. The minimum Gasteiger partial charge on any atom is -0.494 e. The van der Waals surface area contributed by atoms with E-state index in [1.165, 1.54) is 13.2 Å². The van der Waals surface area contributed by atoms with Gasteiger partial charge in [-0.15, -0.1) is 12.4 Å². The summed E-state index contributed by atoms with van der Waals surface area (Å²) < 4.78 is 18.5. The maximum Gasteiger partial charge on any atom is 0.222 e. The number of carbonyl (C=O) groups excluding carboxylic acids is 1. The van der Waals surface area contributed by atoms with Crippen LogP contribution in [0.2, 0.25) is 0 Å². The first kappa shape index (κ1) is 18.7. The molecule has 124 valence electrons. The van der Waals surface area contributed by atoms with Crippen molar-refractivity contribution in [3.63, 3.8) is 0 Å². The number of hydrogen-bond donors (Lipinski definition) is 1. The van der Waals surface area contributed by atoms with Crippen LogP contribution in [0.1, 0.15) is 25.3 Å². The fraction of sp³-hybridized carbons (Fsp3) is 0.562. The van der Waals surface area contributed by atoms with Gasteiger partial charge in [0.1, 0.15) is 0 Å². The molecule has 0 radical (unpaired) electrons. The molecule has 1 fully saturated rings. The summed E-state index contributed by atoms with van der Waals surface area (Å²) in [6, 6.07) is 4.82. The van der Waals surface area contributed by atoms with Gasteiger partial charge in [-0.1, -0.05) is 13.0 Å². The van der Waals surface area contributed by atoms with Gasteiger partial charge in [0.15, 0.2) is 11.6 Å². The standard InChI is InChI=1S/C16H23FN2O2.ClH/c1-16(10-18)7-8-19(11-16)15(20)6-4-12-3-5-14(21-2)13(17)9-12;/h3,5,9H,4,6-8,10-11,18H2,1-2H3;1H. The summed E-state index contributed by atoms with van der Waals surface area (Å²) in [4.78, 5) is 14.1. The third-order valence-corrected chi connectivity index (χ3v) is 4.25. The first-order chi connectivity index (χ1) is 9.97. The molecule has 6 heteroatoms. The van der Waals surface area contributed by atoms with Gasteiger partial charge >= 0.3 is 0 Å². The van der Waals surface area contributed by atoms with Crippen LogP contribution >= 0.6 is 12.4 Å². The van der Waals surface area contributed by atoms with Gasteiger partial charge in [0.05, 0.1) is 7.11 Å². The van der Waals surface area contributed by atoms with Crippen molar-refractivity contribution in [3.8, 4) is 5.75 Å². The Morgan fingerprint density at radius 3 is 2.77 bits per heavy atom. The van der Waals surface area contributed by atoms with Crippen LogP contribution in [0.15, 0.2) is 18.2 Å². The van der Waals surface area contributed by atoms with E-state index in [9.17, 15) is 9.18 Å². The molecule has 1 aliphatic rings. The first-order valence-corrected chi connectivity index (χ1v) is 7.28. The number of hydrogen-bond acceptors (Lipinski definition) is 3. The van der Waals surface area contributed by atoms with E-state index < -0.39 is 0 Å². The van der Waals surface area contributed by atoms with E-state index in [0.717, 1.165) is 25.1 Å². The van der Waals surface area contributed by atoms with Gasteiger partial charge in [-0.3, -0.25) is 4.79 Å². The number of ether oxygens (including phenoxy) is 1. The molecule has 0 saturated carbocycles. The summed E-state index contributed by atoms with van der Waals surface area (Å²) in [5, 5.41) is 0. The second-order valence-corrected chi connectivity index (χ2v) is 6.05. The highest BCUT2D eigenvalue weighted by molar-refractivity contribution is 5.85. The number of nitrogens with zero attached hydrogens (tertiary/aromatic N) is 1. The number of likely N-dealkylation sites (tertiary alicyclic amines) is 1. The van der Waals surface area contributed by atoms with Gasteiger partial charge in [0.25, 0.3) is 0 Å². The monoisotopic (exact) mass is 330 g/mol. The quantitative estimate of drug-likeness (QED) is 0.902. The van der Waals surface area contributed by atoms with Gasteiger partial charge in [0, 0.05) is 19.5 Å². The summed E-state index contributed by atoms with van der Waals surface area (Å²) in [6.07, 6.45) is 1.88. The molecule has 0 aromatic heterocycles. The van der Waals surface area contributed by atoms with Crippen molar-refractivity contribution in [2.45, 2.75) is 26.2 Å². The molecule has 22 heavy (non-hydrogen) atoms. The highest BCUT2D eigenvalue weighted by Crippen LogP contribution is 2.29. The zero-order valence-corrected chi connectivity index (χ0v) is 13.9. The van der Waals surface area contributed by atoms with Crippen molar-refractivity contribution >= 4 is 18.3 Å². The Kier molecular flexibility index (Phi) is 6.63. The predicted octanol–water partition coefficient (Wildman–Crippen LogP) is 2.39. The molecule has 0 spiro atoms. The smallest absolute Gasteiger partial charge is 0.222 e. The maximum absolute atomic E-state index is 13.6. The molecular formula is C16H24ClFN2O2. The molecule has 1 saturated heterocycles. The van der Waals surface area contributed by atoms with Crippen molar-refractivity contribution in [1.29, 1.82) is 0 Å². The predicted molar refractivity (Wildman–Crippen MR) is 86.9 cm³/mol. The fourth-order valence-electron chi connectivity index (χ4n) is 2.68. The second kappa shape index (κ2) is 7.79. The molecule has 1 aromatic rings. The van der Waals surface area contributed by atoms with Crippen LogP contribution in [-0.4, -0.2) is 37.6 Å². The summed E-state index contributed by atoms with van der Waals surface area (Å²) in [7, 11) is 1.43. The number of aryl methyl sites for hydroxylation is 1. The average molecular weight is 331 g/mol. The molecule has 4 nitrogen and oxygen atoms in total. The van der Waals surface area contributed by atoms with Gasteiger partial charge in [0.2, 0.25) is 5.91 Å².